The summed E-state index contributed by atoms with van der Waals surface area (Å²) in [5.74, 6) is 0.0402. The molecule has 1 aliphatic heterocycles. The molecule has 1 aliphatic rings. The molecule has 0 bridgehead atoms. The second-order valence-corrected chi connectivity index (χ2v) is 3.13. The summed E-state index contributed by atoms with van der Waals surface area (Å²) in [7, 11) is 0. The van der Waals surface area contributed by atoms with Crippen LogP contribution in [0.25, 0.3) is 0 Å². The van der Waals surface area contributed by atoms with E-state index in [4.69, 9.17) is 5.73 Å². The molecular formula is C8H14N2O2. The number of likely N-dealkylation sites (tertiary alicyclic amines) is 1. The van der Waals surface area contributed by atoms with Gasteiger partial charge in [0.1, 0.15) is 0 Å². The summed E-state index contributed by atoms with van der Waals surface area (Å²) in [5, 5.41) is 0. The first-order valence-corrected chi connectivity index (χ1v) is 4.13. The maximum Gasteiger partial charge on any atom is 0.219 e. The van der Waals surface area contributed by atoms with Crippen LogP contribution in [0.3, 0.4) is 0 Å². The topological polar surface area (TPSA) is 63.4 Å². The minimum absolute atomic E-state index is 0.0272. The first kappa shape index (κ1) is 9.19. The molecule has 0 saturated carbocycles. The van der Waals surface area contributed by atoms with Crippen LogP contribution in [0, 0.1) is 5.92 Å². The minimum atomic E-state index is -0.0289. The maximum absolute atomic E-state index is 11.3. The van der Waals surface area contributed by atoms with Crippen molar-refractivity contribution in [3.63, 3.8) is 0 Å². The first-order valence-electron chi connectivity index (χ1n) is 4.13. The molecule has 1 amide bonds. The molecule has 68 valence electrons. The van der Waals surface area contributed by atoms with Gasteiger partial charge in [0.15, 0.2) is 5.78 Å². The third-order valence-corrected chi connectivity index (χ3v) is 2.28. The second kappa shape index (κ2) is 3.67. The number of amides is 1. The fraction of sp³-hybridized carbons (Fsp3) is 0.750. The summed E-state index contributed by atoms with van der Waals surface area (Å²) in [5.41, 5.74) is 5.39. The molecule has 4 nitrogen and oxygen atoms in total. The molecule has 1 unspecified atom stereocenters. The Morgan fingerprint density at radius 3 is 2.83 bits per heavy atom. The molecule has 4 heteroatoms. The van der Waals surface area contributed by atoms with Gasteiger partial charge in [-0.2, -0.15) is 0 Å². The Balaban J connectivity index is 2.52. The number of nitrogens with zero attached hydrogens (tertiary/aromatic N) is 1. The van der Waals surface area contributed by atoms with E-state index in [1.54, 1.807) is 4.90 Å². The number of ketones is 1. The van der Waals surface area contributed by atoms with Crippen molar-refractivity contribution in [1.82, 2.24) is 4.90 Å². The lowest BCUT2D eigenvalue weighted by Crippen LogP contribution is -2.45. The van der Waals surface area contributed by atoms with Crippen molar-refractivity contribution in [2.24, 2.45) is 11.7 Å². The Hall–Kier alpha value is -0.900. The standard InChI is InChI=1S/C8H14N2O2/c1-6(11)10-3-2-7(4-9)8(12)5-10/h7H,2-5,9H2,1H3. The summed E-state index contributed by atoms with van der Waals surface area (Å²) in [6.45, 7) is 2.81. The number of nitrogens with two attached hydrogens (primary N) is 1. The predicted molar refractivity (Wildman–Crippen MR) is 44.4 cm³/mol. The average Bonchev–Trinajstić information content (AvgIpc) is 2.04. The molecule has 1 saturated heterocycles. The number of hydrogen-bond acceptors (Lipinski definition) is 3. The first-order chi connectivity index (χ1) is 5.65. The quantitative estimate of drug-likeness (QED) is 0.570. The zero-order chi connectivity index (χ0) is 9.14. The van der Waals surface area contributed by atoms with Crippen LogP contribution in [0.5, 0.6) is 0 Å². The molecular weight excluding hydrogens is 156 g/mol. The minimum Gasteiger partial charge on any atom is -0.336 e. The number of rotatable bonds is 1. The summed E-state index contributed by atoms with van der Waals surface area (Å²) >= 11 is 0. The van der Waals surface area contributed by atoms with Gasteiger partial charge in [-0.05, 0) is 6.42 Å². The Morgan fingerprint density at radius 2 is 2.42 bits per heavy atom. The van der Waals surface area contributed by atoms with Crippen LogP contribution in [0.2, 0.25) is 0 Å². The molecule has 1 atom stereocenters. The monoisotopic (exact) mass is 170 g/mol. The van der Waals surface area contributed by atoms with E-state index in [1.165, 1.54) is 6.92 Å². The number of piperidine rings is 1. The Labute approximate surface area is 71.7 Å². The van der Waals surface area contributed by atoms with E-state index < -0.39 is 0 Å². The van der Waals surface area contributed by atoms with Crippen LogP contribution in [-0.2, 0) is 9.59 Å². The van der Waals surface area contributed by atoms with Gasteiger partial charge in [-0.1, -0.05) is 0 Å². The van der Waals surface area contributed by atoms with Crippen LogP contribution < -0.4 is 5.73 Å². The lowest BCUT2D eigenvalue weighted by atomic mass is 9.96. The van der Waals surface area contributed by atoms with Crippen molar-refractivity contribution in [2.75, 3.05) is 19.6 Å². The normalized spacial score (nSPS) is 24.3. The predicted octanol–water partition coefficient (Wildman–Crippen LogP) is -0.617. The van der Waals surface area contributed by atoms with Crippen LogP contribution in [0.1, 0.15) is 13.3 Å². The van der Waals surface area contributed by atoms with Crippen molar-refractivity contribution < 1.29 is 9.59 Å². The van der Waals surface area contributed by atoms with E-state index >= 15 is 0 Å². The molecule has 0 aromatic rings. The van der Waals surface area contributed by atoms with Gasteiger partial charge in [-0.25, -0.2) is 0 Å². The van der Waals surface area contributed by atoms with Crippen molar-refractivity contribution in [3.8, 4) is 0 Å². The van der Waals surface area contributed by atoms with Crippen molar-refractivity contribution in [2.45, 2.75) is 13.3 Å². The fourth-order valence-corrected chi connectivity index (χ4v) is 1.39. The van der Waals surface area contributed by atoms with Gasteiger partial charge >= 0.3 is 0 Å². The van der Waals surface area contributed by atoms with Crippen LogP contribution in [0.4, 0.5) is 0 Å². The van der Waals surface area contributed by atoms with Crippen LogP contribution in [-0.4, -0.2) is 36.2 Å². The Morgan fingerprint density at radius 1 is 1.75 bits per heavy atom. The molecule has 12 heavy (non-hydrogen) atoms. The summed E-state index contributed by atoms with van der Waals surface area (Å²) in [6, 6.07) is 0. The van der Waals surface area contributed by atoms with E-state index in [2.05, 4.69) is 0 Å². The highest BCUT2D eigenvalue weighted by Crippen LogP contribution is 2.12. The van der Waals surface area contributed by atoms with Crippen LogP contribution >= 0.6 is 0 Å². The lowest BCUT2D eigenvalue weighted by Gasteiger charge is -2.29. The van der Waals surface area contributed by atoms with Gasteiger partial charge < -0.3 is 10.6 Å². The molecule has 0 aromatic heterocycles. The number of carbonyl (C=O) groups excluding carboxylic acids is 2. The molecule has 1 rings (SSSR count). The molecule has 1 fully saturated rings. The highest BCUT2D eigenvalue weighted by Gasteiger charge is 2.26. The largest absolute Gasteiger partial charge is 0.336 e. The van der Waals surface area contributed by atoms with Crippen molar-refractivity contribution in [1.29, 1.82) is 0 Å². The third kappa shape index (κ3) is 1.82. The maximum atomic E-state index is 11.3. The zero-order valence-corrected chi connectivity index (χ0v) is 7.25. The second-order valence-electron chi connectivity index (χ2n) is 3.13. The lowest BCUT2D eigenvalue weighted by molar-refractivity contribution is -0.138. The Kier molecular flexibility index (Phi) is 2.81. The average molecular weight is 170 g/mol. The van der Waals surface area contributed by atoms with E-state index in [1.807, 2.05) is 0 Å². The summed E-state index contributed by atoms with van der Waals surface area (Å²) in [4.78, 5) is 23.7. The van der Waals surface area contributed by atoms with Gasteiger partial charge in [0.25, 0.3) is 0 Å². The number of hydrogen-bond donors (Lipinski definition) is 1. The third-order valence-electron chi connectivity index (χ3n) is 2.28. The van der Waals surface area contributed by atoms with Gasteiger partial charge in [-0.15, -0.1) is 0 Å². The Bertz CT molecular complexity index is 203. The number of Topliss-reactive ketones (excluding diaryl/α,β-unsaturated/α-hetero) is 1. The van der Waals surface area contributed by atoms with Gasteiger partial charge in [-0.3, -0.25) is 9.59 Å². The van der Waals surface area contributed by atoms with E-state index in [0.717, 1.165) is 6.42 Å². The smallest absolute Gasteiger partial charge is 0.219 e. The zero-order valence-electron chi connectivity index (χ0n) is 7.25. The van der Waals surface area contributed by atoms with E-state index in [-0.39, 0.29) is 24.2 Å². The van der Waals surface area contributed by atoms with E-state index in [9.17, 15) is 9.59 Å². The SMILES string of the molecule is CC(=O)N1CCC(CN)C(=O)C1. The summed E-state index contributed by atoms with van der Waals surface area (Å²) in [6.07, 6.45) is 0.717. The molecule has 0 radical (unpaired) electrons. The van der Waals surface area contributed by atoms with Gasteiger partial charge in [0, 0.05) is 25.9 Å². The van der Waals surface area contributed by atoms with Gasteiger partial charge in [0.05, 0.1) is 6.54 Å². The highest BCUT2D eigenvalue weighted by atomic mass is 16.2. The number of carbonyl (C=O) groups is 2. The fourth-order valence-electron chi connectivity index (χ4n) is 1.39. The van der Waals surface area contributed by atoms with Gasteiger partial charge in [0.2, 0.25) is 5.91 Å². The molecule has 0 aliphatic carbocycles. The van der Waals surface area contributed by atoms with Crippen molar-refractivity contribution in [3.05, 3.63) is 0 Å². The molecule has 2 N–H and O–H groups in total. The van der Waals surface area contributed by atoms with Crippen molar-refractivity contribution >= 4 is 11.7 Å². The summed E-state index contributed by atoms with van der Waals surface area (Å²) < 4.78 is 0. The van der Waals surface area contributed by atoms with Crippen LogP contribution in [0.15, 0.2) is 0 Å². The molecule has 0 aromatic carbocycles. The highest BCUT2D eigenvalue weighted by molar-refractivity contribution is 5.88. The molecule has 0 spiro atoms. The van der Waals surface area contributed by atoms with E-state index in [0.29, 0.717) is 13.1 Å². The molecule has 1 heterocycles.